The average Bonchev–Trinajstić information content (AvgIpc) is 2.76. The van der Waals surface area contributed by atoms with Gasteiger partial charge in [0.15, 0.2) is 0 Å². The largest absolute Gasteiger partial charge is 0.393 e. The first-order valence-corrected chi connectivity index (χ1v) is 8.87. The van der Waals surface area contributed by atoms with Gasteiger partial charge < -0.3 is 5.11 Å². The monoisotopic (exact) mass is 288 g/mol. The van der Waals surface area contributed by atoms with E-state index in [0.717, 1.165) is 38.5 Å². The normalized spacial score (nSPS) is 52.7. The van der Waals surface area contributed by atoms with Gasteiger partial charge in [0.2, 0.25) is 0 Å². The summed E-state index contributed by atoms with van der Waals surface area (Å²) in [6, 6.07) is 0. The molecule has 2 heteroatoms. The number of carbonyl (C=O) groups excluding carboxylic acids is 1. The van der Waals surface area contributed by atoms with E-state index in [1.54, 1.807) is 5.57 Å². The van der Waals surface area contributed by atoms with Crippen molar-refractivity contribution in [1.82, 2.24) is 0 Å². The fourth-order valence-corrected chi connectivity index (χ4v) is 6.29. The zero-order valence-electron chi connectivity index (χ0n) is 13.4. The second-order valence-electron chi connectivity index (χ2n) is 8.58. The van der Waals surface area contributed by atoms with E-state index in [1.165, 1.54) is 12.8 Å². The number of Topliss-reactive ketones (excluding diaryl/α,β-unsaturated/α-hetero) is 1. The van der Waals surface area contributed by atoms with Gasteiger partial charge in [0.25, 0.3) is 0 Å². The van der Waals surface area contributed by atoms with Crippen LogP contribution in [-0.4, -0.2) is 17.0 Å². The second-order valence-corrected chi connectivity index (χ2v) is 8.58. The van der Waals surface area contributed by atoms with Crippen LogP contribution in [0.1, 0.15) is 65.2 Å². The number of rotatable bonds is 0. The lowest BCUT2D eigenvalue weighted by atomic mass is 9.49. The molecule has 4 rings (SSSR count). The Bertz CT molecular complexity index is 508. The highest BCUT2D eigenvalue weighted by molar-refractivity contribution is 5.87. The molecule has 2 nitrogen and oxygen atoms in total. The lowest BCUT2D eigenvalue weighted by Gasteiger charge is -2.55. The Morgan fingerprint density at radius 1 is 1.14 bits per heavy atom. The van der Waals surface area contributed by atoms with Crippen LogP contribution in [-0.2, 0) is 4.79 Å². The fraction of sp³-hybridized carbons (Fsp3) is 0.842. The maximum Gasteiger partial charge on any atom is 0.139 e. The summed E-state index contributed by atoms with van der Waals surface area (Å²) in [6.45, 7) is 4.67. The minimum Gasteiger partial charge on any atom is -0.393 e. The van der Waals surface area contributed by atoms with E-state index >= 15 is 0 Å². The highest BCUT2D eigenvalue weighted by Gasteiger charge is 2.56. The van der Waals surface area contributed by atoms with Gasteiger partial charge in [0.1, 0.15) is 5.78 Å². The molecule has 1 N–H and O–H groups in total. The van der Waals surface area contributed by atoms with Gasteiger partial charge in [-0.3, -0.25) is 4.79 Å². The molecular weight excluding hydrogens is 260 g/mol. The molecule has 3 saturated carbocycles. The summed E-state index contributed by atoms with van der Waals surface area (Å²) in [5.41, 5.74) is 1.91. The highest BCUT2D eigenvalue weighted by Crippen LogP contribution is 2.63. The molecule has 4 aliphatic rings. The summed E-state index contributed by atoms with van der Waals surface area (Å²) in [5, 5.41) is 10.0. The Morgan fingerprint density at radius 3 is 2.76 bits per heavy atom. The topological polar surface area (TPSA) is 37.3 Å². The molecule has 0 amide bonds. The minimum atomic E-state index is -0.0814. The van der Waals surface area contributed by atoms with Crippen LogP contribution < -0.4 is 0 Å². The summed E-state index contributed by atoms with van der Waals surface area (Å²) in [5.74, 6) is 2.40. The molecule has 3 fully saturated rings. The summed E-state index contributed by atoms with van der Waals surface area (Å²) >= 11 is 0. The first kappa shape index (κ1) is 14.0. The molecule has 6 atom stereocenters. The Morgan fingerprint density at radius 2 is 1.95 bits per heavy atom. The standard InChI is InChI=1S/C19H28O2/c1-18-9-7-13(20)11-12(18)3-4-14-15-5-6-17(21)19(15,2)10-8-16(14)18/h8,12-15,20H,3-7,9-11H2,1-2H3/t12-,13?,14+,15-,18+,19+/m1/s1. The summed E-state index contributed by atoms with van der Waals surface area (Å²) in [6.07, 6.45) is 10.8. The number of aliphatic hydroxyl groups is 1. The molecule has 1 unspecified atom stereocenters. The number of hydrogen-bond acceptors (Lipinski definition) is 2. The molecule has 21 heavy (non-hydrogen) atoms. The molecule has 0 aromatic heterocycles. The zero-order chi connectivity index (χ0) is 14.8. The summed E-state index contributed by atoms with van der Waals surface area (Å²) < 4.78 is 0. The first-order chi connectivity index (χ1) is 9.95. The van der Waals surface area contributed by atoms with Crippen LogP contribution in [0, 0.1) is 28.6 Å². The number of hydrogen-bond donors (Lipinski definition) is 1. The Hall–Kier alpha value is -0.630. The van der Waals surface area contributed by atoms with Crippen molar-refractivity contribution in [3.8, 4) is 0 Å². The predicted molar refractivity (Wildman–Crippen MR) is 82.7 cm³/mol. The third-order valence-electron chi connectivity index (χ3n) is 7.71. The van der Waals surface area contributed by atoms with Gasteiger partial charge in [0, 0.05) is 11.8 Å². The van der Waals surface area contributed by atoms with E-state index in [0.29, 0.717) is 29.0 Å². The van der Waals surface area contributed by atoms with Crippen molar-refractivity contribution >= 4 is 5.78 Å². The van der Waals surface area contributed by atoms with Gasteiger partial charge in [-0.2, -0.15) is 0 Å². The molecule has 0 spiro atoms. The quantitative estimate of drug-likeness (QED) is 0.687. The van der Waals surface area contributed by atoms with Crippen molar-refractivity contribution in [3.63, 3.8) is 0 Å². The number of allylic oxidation sites excluding steroid dienone is 2. The Kier molecular flexibility index (Phi) is 2.96. The van der Waals surface area contributed by atoms with Crippen molar-refractivity contribution in [1.29, 1.82) is 0 Å². The molecule has 0 aromatic carbocycles. The van der Waals surface area contributed by atoms with Gasteiger partial charge in [-0.15, -0.1) is 0 Å². The minimum absolute atomic E-state index is 0.0639. The third-order valence-corrected chi connectivity index (χ3v) is 7.71. The molecule has 0 heterocycles. The van der Waals surface area contributed by atoms with Crippen LogP contribution in [0.15, 0.2) is 11.6 Å². The van der Waals surface area contributed by atoms with Crippen LogP contribution >= 0.6 is 0 Å². The van der Waals surface area contributed by atoms with Crippen molar-refractivity contribution in [2.75, 3.05) is 0 Å². The number of ketones is 1. The molecule has 4 aliphatic carbocycles. The molecule has 116 valence electrons. The maximum absolute atomic E-state index is 12.3. The van der Waals surface area contributed by atoms with Gasteiger partial charge in [-0.05, 0) is 68.1 Å². The summed E-state index contributed by atoms with van der Waals surface area (Å²) in [7, 11) is 0. The van der Waals surface area contributed by atoms with Crippen LogP contribution in [0.2, 0.25) is 0 Å². The molecule has 0 radical (unpaired) electrons. The zero-order valence-corrected chi connectivity index (χ0v) is 13.4. The van der Waals surface area contributed by atoms with E-state index in [-0.39, 0.29) is 11.5 Å². The van der Waals surface area contributed by atoms with Gasteiger partial charge in [0.05, 0.1) is 6.10 Å². The molecule has 0 aromatic rings. The van der Waals surface area contributed by atoms with Crippen molar-refractivity contribution in [3.05, 3.63) is 11.6 Å². The SMILES string of the molecule is C[C@]12CCC(O)C[C@H]1CC[C@@H]1C2=CC[C@]2(C)C(=O)CC[C@H]12. The third kappa shape index (κ3) is 1.78. The number of fused-ring (bicyclic) bond motifs is 5. The summed E-state index contributed by atoms with van der Waals surface area (Å²) in [4.78, 5) is 12.3. The number of aliphatic hydroxyl groups excluding tert-OH is 1. The lowest BCUT2D eigenvalue weighted by Crippen LogP contribution is -2.48. The van der Waals surface area contributed by atoms with Crippen molar-refractivity contribution in [2.24, 2.45) is 28.6 Å². The van der Waals surface area contributed by atoms with Crippen molar-refractivity contribution in [2.45, 2.75) is 71.3 Å². The van der Waals surface area contributed by atoms with E-state index in [9.17, 15) is 9.90 Å². The molecular formula is C19H28O2. The average molecular weight is 288 g/mol. The Labute approximate surface area is 128 Å². The van der Waals surface area contributed by atoms with Gasteiger partial charge in [-0.25, -0.2) is 0 Å². The van der Waals surface area contributed by atoms with Crippen LogP contribution in [0.4, 0.5) is 0 Å². The molecule has 0 saturated heterocycles. The lowest BCUT2D eigenvalue weighted by molar-refractivity contribution is -0.127. The van der Waals surface area contributed by atoms with Crippen LogP contribution in [0.5, 0.6) is 0 Å². The van der Waals surface area contributed by atoms with E-state index in [2.05, 4.69) is 19.9 Å². The van der Waals surface area contributed by atoms with E-state index < -0.39 is 0 Å². The van der Waals surface area contributed by atoms with Crippen LogP contribution in [0.25, 0.3) is 0 Å². The van der Waals surface area contributed by atoms with E-state index in [4.69, 9.17) is 0 Å². The first-order valence-electron chi connectivity index (χ1n) is 8.87. The maximum atomic E-state index is 12.3. The Balaban J connectivity index is 1.71. The number of carbonyl (C=O) groups is 1. The van der Waals surface area contributed by atoms with Crippen LogP contribution in [0.3, 0.4) is 0 Å². The fourth-order valence-electron chi connectivity index (χ4n) is 6.29. The molecule has 0 aliphatic heterocycles. The van der Waals surface area contributed by atoms with E-state index in [1.807, 2.05) is 0 Å². The van der Waals surface area contributed by atoms with Gasteiger partial charge in [-0.1, -0.05) is 25.5 Å². The predicted octanol–water partition coefficient (Wildman–Crippen LogP) is 3.88. The van der Waals surface area contributed by atoms with Gasteiger partial charge >= 0.3 is 0 Å². The molecule has 0 bridgehead atoms. The highest BCUT2D eigenvalue weighted by atomic mass is 16.3. The smallest absolute Gasteiger partial charge is 0.139 e. The second kappa shape index (κ2) is 4.44. The van der Waals surface area contributed by atoms with Crippen molar-refractivity contribution < 1.29 is 9.90 Å².